The molecule has 0 saturated carbocycles. The zero-order valence-corrected chi connectivity index (χ0v) is 15.4. The van der Waals surface area contributed by atoms with Gasteiger partial charge in [0.2, 0.25) is 0 Å². The maximum Gasteiger partial charge on any atom is 0.253 e. The van der Waals surface area contributed by atoms with Crippen molar-refractivity contribution in [3.8, 4) is 0 Å². The fourth-order valence-corrected chi connectivity index (χ4v) is 3.68. The molecule has 3 aromatic carbocycles. The van der Waals surface area contributed by atoms with Crippen molar-refractivity contribution in [3.63, 3.8) is 0 Å². The van der Waals surface area contributed by atoms with Crippen LogP contribution in [0, 0.1) is 0 Å². The van der Waals surface area contributed by atoms with Crippen LogP contribution in [-0.4, -0.2) is 26.2 Å². The van der Waals surface area contributed by atoms with Crippen molar-refractivity contribution in [2.24, 2.45) is 0 Å². The molecule has 0 radical (unpaired) electrons. The first-order chi connectivity index (χ1) is 13.1. The summed E-state index contributed by atoms with van der Waals surface area (Å²) in [6.07, 6.45) is 0. The molecule has 0 amide bonds. The highest BCUT2D eigenvalue weighted by molar-refractivity contribution is 5.76. The molecule has 1 atom stereocenters. The monoisotopic (exact) mass is 361 g/mol. The van der Waals surface area contributed by atoms with E-state index in [9.17, 15) is 9.59 Å². The van der Waals surface area contributed by atoms with Gasteiger partial charge in [-0.25, -0.2) is 0 Å². The Bertz CT molecular complexity index is 970. The summed E-state index contributed by atoms with van der Waals surface area (Å²) in [4.78, 5) is 28.8. The molecule has 4 rings (SSSR count). The number of anilines is 3. The summed E-state index contributed by atoms with van der Waals surface area (Å²) >= 11 is 0. The van der Waals surface area contributed by atoms with Crippen molar-refractivity contribution in [1.29, 1.82) is 0 Å². The topological polar surface area (TPSA) is 52.6 Å². The second kappa shape index (κ2) is 7.27. The van der Waals surface area contributed by atoms with E-state index in [-0.39, 0.29) is 11.5 Å². The largest absolute Gasteiger partial charge is 0.373 e. The molecule has 1 aliphatic heterocycles. The number of nitrogens with zero attached hydrogens (tertiary/aromatic N) is 2. The Kier molecular flexibility index (Phi) is 4.67. The van der Waals surface area contributed by atoms with E-state index >= 15 is 0 Å². The van der Waals surface area contributed by atoms with Crippen LogP contribution in [0.4, 0.5) is 17.1 Å². The van der Waals surface area contributed by atoms with Gasteiger partial charge in [-0.15, -0.1) is 0 Å². The molecule has 1 fully saturated rings. The zero-order valence-electron chi connectivity index (χ0n) is 15.4. The lowest BCUT2D eigenvalue weighted by molar-refractivity contribution is 0.650. The van der Waals surface area contributed by atoms with Crippen molar-refractivity contribution < 1.29 is 0 Å². The summed E-state index contributed by atoms with van der Waals surface area (Å²) in [5.74, 6) is 0. The molecular weight excluding hydrogens is 338 g/mol. The Hall–Kier alpha value is -3.08. The average molecular weight is 361 g/mol. The first kappa shape index (κ1) is 17.3. The third-order valence-electron chi connectivity index (χ3n) is 5.26. The molecule has 1 aliphatic rings. The standard InChI is InChI=1S/C22H23N3O2/c1-16(17-8-4-2-5-9-17)23-19-20(22(27)21(19)26)25-14-12-24(13-15-25)18-10-6-3-7-11-18/h2-11,16,23H,12-15H2,1H3/t16-/m1/s1. The van der Waals surface area contributed by atoms with E-state index < -0.39 is 5.43 Å². The van der Waals surface area contributed by atoms with Crippen molar-refractivity contribution >= 4 is 17.1 Å². The van der Waals surface area contributed by atoms with Crippen LogP contribution < -0.4 is 26.0 Å². The van der Waals surface area contributed by atoms with Crippen LogP contribution in [0.5, 0.6) is 0 Å². The van der Waals surface area contributed by atoms with E-state index in [1.807, 2.05) is 60.4 Å². The third kappa shape index (κ3) is 3.33. The number of benzene rings is 2. The highest BCUT2D eigenvalue weighted by Crippen LogP contribution is 2.27. The molecule has 0 spiro atoms. The smallest absolute Gasteiger partial charge is 0.253 e. The van der Waals surface area contributed by atoms with Gasteiger partial charge >= 0.3 is 0 Å². The molecule has 0 bridgehead atoms. The first-order valence-electron chi connectivity index (χ1n) is 9.35. The Morgan fingerprint density at radius 1 is 0.778 bits per heavy atom. The molecule has 0 aromatic heterocycles. The predicted molar refractivity (Wildman–Crippen MR) is 111 cm³/mol. The van der Waals surface area contributed by atoms with Crippen molar-refractivity contribution in [2.75, 3.05) is 41.3 Å². The van der Waals surface area contributed by atoms with Gasteiger partial charge in [-0.3, -0.25) is 9.59 Å². The minimum absolute atomic E-state index is 0.0288. The van der Waals surface area contributed by atoms with Crippen LogP contribution in [0.2, 0.25) is 0 Å². The summed E-state index contributed by atoms with van der Waals surface area (Å²) in [5, 5.41) is 3.26. The normalized spacial score (nSPS) is 15.7. The molecule has 0 aliphatic carbocycles. The van der Waals surface area contributed by atoms with Gasteiger partial charge in [-0.2, -0.15) is 0 Å². The summed E-state index contributed by atoms with van der Waals surface area (Å²) in [6.45, 7) is 5.12. The zero-order chi connectivity index (χ0) is 18.8. The van der Waals surface area contributed by atoms with Crippen molar-refractivity contribution in [1.82, 2.24) is 0 Å². The lowest BCUT2D eigenvalue weighted by atomic mass is 10.1. The number of para-hydroxylation sites is 1. The second-order valence-electron chi connectivity index (χ2n) is 6.97. The Balaban J connectivity index is 1.47. The van der Waals surface area contributed by atoms with Gasteiger partial charge in [-0.1, -0.05) is 48.5 Å². The van der Waals surface area contributed by atoms with Gasteiger partial charge in [0.1, 0.15) is 11.4 Å². The lowest BCUT2D eigenvalue weighted by Crippen LogP contribution is -2.51. The quantitative estimate of drug-likeness (QED) is 0.708. The van der Waals surface area contributed by atoms with Crippen LogP contribution in [0.3, 0.4) is 0 Å². The van der Waals surface area contributed by atoms with Crippen LogP contribution >= 0.6 is 0 Å². The molecule has 3 aromatic rings. The molecule has 0 unspecified atom stereocenters. The molecule has 5 heteroatoms. The summed E-state index contributed by atoms with van der Waals surface area (Å²) < 4.78 is 0. The number of piperazine rings is 1. The number of hydrogen-bond acceptors (Lipinski definition) is 5. The van der Waals surface area contributed by atoms with Crippen LogP contribution in [0.15, 0.2) is 70.3 Å². The minimum atomic E-state index is -0.404. The molecule has 138 valence electrons. The van der Waals surface area contributed by atoms with Gasteiger partial charge in [0.05, 0.1) is 0 Å². The maximum atomic E-state index is 12.2. The van der Waals surface area contributed by atoms with Gasteiger partial charge in [0, 0.05) is 37.9 Å². The van der Waals surface area contributed by atoms with Crippen LogP contribution in [0.1, 0.15) is 18.5 Å². The molecular formula is C22H23N3O2. The molecule has 1 saturated heterocycles. The summed E-state index contributed by atoms with van der Waals surface area (Å²) in [5.41, 5.74) is 2.52. The van der Waals surface area contributed by atoms with E-state index in [1.165, 1.54) is 5.69 Å². The maximum absolute atomic E-state index is 12.2. The number of nitrogens with one attached hydrogen (secondary N) is 1. The third-order valence-corrected chi connectivity index (χ3v) is 5.26. The predicted octanol–water partition coefficient (Wildman–Crippen LogP) is 2.78. The highest BCUT2D eigenvalue weighted by Gasteiger charge is 2.29. The van der Waals surface area contributed by atoms with E-state index in [1.54, 1.807) is 0 Å². The fraction of sp³-hybridized carbons (Fsp3) is 0.273. The Morgan fingerprint density at radius 2 is 1.33 bits per heavy atom. The van der Waals surface area contributed by atoms with Gasteiger partial charge in [-0.05, 0) is 24.6 Å². The Labute approximate surface area is 158 Å². The average Bonchev–Trinajstić information content (AvgIpc) is 2.74. The van der Waals surface area contributed by atoms with Crippen LogP contribution in [0.25, 0.3) is 0 Å². The molecule has 1 N–H and O–H groups in total. The Morgan fingerprint density at radius 3 is 1.96 bits per heavy atom. The fourth-order valence-electron chi connectivity index (χ4n) is 3.68. The molecule has 5 nitrogen and oxygen atoms in total. The van der Waals surface area contributed by atoms with Crippen molar-refractivity contribution in [2.45, 2.75) is 13.0 Å². The highest BCUT2D eigenvalue weighted by atomic mass is 16.2. The summed E-state index contributed by atoms with van der Waals surface area (Å²) in [6, 6.07) is 20.2. The number of hydrogen-bond donors (Lipinski definition) is 1. The lowest BCUT2D eigenvalue weighted by Gasteiger charge is -2.38. The van der Waals surface area contributed by atoms with Gasteiger partial charge in [0.25, 0.3) is 10.9 Å². The molecule has 27 heavy (non-hydrogen) atoms. The van der Waals surface area contributed by atoms with Crippen LogP contribution in [-0.2, 0) is 0 Å². The minimum Gasteiger partial charge on any atom is -0.373 e. The number of rotatable bonds is 5. The summed E-state index contributed by atoms with van der Waals surface area (Å²) in [7, 11) is 0. The first-order valence-corrected chi connectivity index (χ1v) is 9.35. The van der Waals surface area contributed by atoms with E-state index in [0.29, 0.717) is 11.4 Å². The second-order valence-corrected chi connectivity index (χ2v) is 6.97. The van der Waals surface area contributed by atoms with E-state index in [4.69, 9.17) is 0 Å². The van der Waals surface area contributed by atoms with Gasteiger partial charge < -0.3 is 15.1 Å². The van der Waals surface area contributed by atoms with E-state index in [2.05, 4.69) is 22.3 Å². The molecule has 1 heterocycles. The van der Waals surface area contributed by atoms with Gasteiger partial charge in [0.15, 0.2) is 0 Å². The van der Waals surface area contributed by atoms with E-state index in [0.717, 1.165) is 31.7 Å². The van der Waals surface area contributed by atoms with Crippen molar-refractivity contribution in [3.05, 3.63) is 86.7 Å². The SMILES string of the molecule is C[C@@H](Nc1c(N2CCN(c3ccccc3)CC2)c(=O)c1=O)c1ccccc1.